The molecular weight excluding hydrogens is 280 g/mol. The molecule has 4 rings (SSSR count). The Hall–Kier alpha value is -2.09. The molecule has 0 aromatic heterocycles. The van der Waals surface area contributed by atoms with E-state index in [1.54, 1.807) is 0 Å². The molecule has 0 unspecified atom stereocenters. The van der Waals surface area contributed by atoms with Crippen molar-refractivity contribution in [3.05, 3.63) is 59.7 Å². The standard InChI is InChI=1S/C21H24N2/c1-3-19-15(2)20(22-17-11-5-4-6-12-17)18-13-7-9-16-10-8-14-23(19)21(16)18/h4-7,9,11-13,15,19H,3,8,10,14H2,1-2H3/t15-,19-/m0/s1. The van der Waals surface area contributed by atoms with Gasteiger partial charge in [-0.05, 0) is 37.0 Å². The second-order valence-electron chi connectivity index (χ2n) is 6.71. The van der Waals surface area contributed by atoms with Crippen LogP contribution in [0.4, 0.5) is 11.4 Å². The van der Waals surface area contributed by atoms with E-state index in [1.165, 1.54) is 48.3 Å². The van der Waals surface area contributed by atoms with Crippen molar-refractivity contribution in [2.45, 2.75) is 39.2 Å². The van der Waals surface area contributed by atoms with E-state index in [2.05, 4.69) is 67.3 Å². The molecule has 0 amide bonds. The van der Waals surface area contributed by atoms with Gasteiger partial charge in [0.1, 0.15) is 0 Å². The van der Waals surface area contributed by atoms with E-state index in [0.717, 1.165) is 5.69 Å². The molecule has 2 heteroatoms. The van der Waals surface area contributed by atoms with Crippen molar-refractivity contribution in [1.29, 1.82) is 0 Å². The summed E-state index contributed by atoms with van der Waals surface area (Å²) >= 11 is 0. The first-order chi connectivity index (χ1) is 11.3. The molecule has 0 bridgehead atoms. The van der Waals surface area contributed by atoms with Crippen LogP contribution in [-0.4, -0.2) is 18.3 Å². The van der Waals surface area contributed by atoms with Gasteiger partial charge in [0.25, 0.3) is 0 Å². The summed E-state index contributed by atoms with van der Waals surface area (Å²) in [6.07, 6.45) is 3.64. The van der Waals surface area contributed by atoms with Crippen LogP contribution >= 0.6 is 0 Å². The molecule has 2 aromatic rings. The van der Waals surface area contributed by atoms with Crippen LogP contribution in [0.5, 0.6) is 0 Å². The number of nitrogens with zero attached hydrogens (tertiary/aromatic N) is 2. The Kier molecular flexibility index (Phi) is 3.68. The van der Waals surface area contributed by atoms with E-state index in [4.69, 9.17) is 4.99 Å². The Morgan fingerprint density at radius 3 is 2.70 bits per heavy atom. The first-order valence-electron chi connectivity index (χ1n) is 8.82. The third kappa shape index (κ3) is 2.37. The fraction of sp³-hybridized carbons (Fsp3) is 0.381. The molecule has 2 aliphatic rings. The molecule has 2 aromatic carbocycles. The predicted molar refractivity (Wildman–Crippen MR) is 98.0 cm³/mol. The number of hydrogen-bond acceptors (Lipinski definition) is 2. The average Bonchev–Trinajstić information content (AvgIpc) is 2.60. The summed E-state index contributed by atoms with van der Waals surface area (Å²) in [5.74, 6) is 0.459. The minimum atomic E-state index is 0.459. The van der Waals surface area contributed by atoms with Crippen LogP contribution in [0, 0.1) is 5.92 Å². The Bertz CT molecular complexity index is 733. The van der Waals surface area contributed by atoms with Crippen molar-refractivity contribution in [2.24, 2.45) is 10.9 Å². The minimum absolute atomic E-state index is 0.459. The van der Waals surface area contributed by atoms with Crippen LogP contribution in [0.1, 0.15) is 37.8 Å². The molecule has 23 heavy (non-hydrogen) atoms. The van der Waals surface area contributed by atoms with Crippen LogP contribution in [0.15, 0.2) is 53.5 Å². The fourth-order valence-electron chi connectivity index (χ4n) is 4.30. The van der Waals surface area contributed by atoms with Gasteiger partial charge in [0.2, 0.25) is 0 Å². The van der Waals surface area contributed by atoms with Gasteiger partial charge in [0.15, 0.2) is 0 Å². The van der Waals surface area contributed by atoms with Gasteiger partial charge < -0.3 is 4.90 Å². The number of benzene rings is 2. The van der Waals surface area contributed by atoms with Crippen molar-refractivity contribution >= 4 is 17.1 Å². The monoisotopic (exact) mass is 304 g/mol. The van der Waals surface area contributed by atoms with Gasteiger partial charge in [-0.15, -0.1) is 0 Å². The normalized spacial score (nSPS) is 24.6. The summed E-state index contributed by atoms with van der Waals surface area (Å²) in [5, 5.41) is 0. The third-order valence-electron chi connectivity index (χ3n) is 5.36. The van der Waals surface area contributed by atoms with E-state index in [1.807, 2.05) is 0 Å². The number of anilines is 1. The highest BCUT2D eigenvalue weighted by molar-refractivity contribution is 6.10. The van der Waals surface area contributed by atoms with Crippen molar-refractivity contribution < 1.29 is 0 Å². The molecular formula is C21H24N2. The first kappa shape index (κ1) is 14.5. The van der Waals surface area contributed by atoms with Crippen LogP contribution in [-0.2, 0) is 6.42 Å². The van der Waals surface area contributed by atoms with Crippen molar-refractivity contribution in [2.75, 3.05) is 11.4 Å². The topological polar surface area (TPSA) is 15.6 Å². The highest BCUT2D eigenvalue weighted by Gasteiger charge is 2.37. The highest BCUT2D eigenvalue weighted by atomic mass is 15.2. The fourth-order valence-corrected chi connectivity index (χ4v) is 4.30. The maximum Gasteiger partial charge on any atom is 0.0633 e. The van der Waals surface area contributed by atoms with E-state index < -0.39 is 0 Å². The Labute approximate surface area is 138 Å². The van der Waals surface area contributed by atoms with Crippen molar-refractivity contribution in [3.8, 4) is 0 Å². The smallest absolute Gasteiger partial charge is 0.0633 e. The number of hydrogen-bond donors (Lipinski definition) is 0. The average molecular weight is 304 g/mol. The summed E-state index contributed by atoms with van der Waals surface area (Å²) in [6, 6.07) is 17.7. The third-order valence-corrected chi connectivity index (χ3v) is 5.36. The van der Waals surface area contributed by atoms with Crippen LogP contribution in [0.2, 0.25) is 0 Å². The zero-order valence-electron chi connectivity index (χ0n) is 14.0. The van der Waals surface area contributed by atoms with Gasteiger partial charge in [0.05, 0.1) is 11.4 Å². The lowest BCUT2D eigenvalue weighted by Gasteiger charge is -2.46. The maximum absolute atomic E-state index is 5.06. The molecule has 2 heterocycles. The van der Waals surface area contributed by atoms with Crippen LogP contribution in [0.3, 0.4) is 0 Å². The second-order valence-corrected chi connectivity index (χ2v) is 6.71. The van der Waals surface area contributed by atoms with E-state index in [0.29, 0.717) is 12.0 Å². The Morgan fingerprint density at radius 1 is 1.09 bits per heavy atom. The second kappa shape index (κ2) is 5.84. The molecule has 2 nitrogen and oxygen atoms in total. The summed E-state index contributed by atoms with van der Waals surface area (Å²) < 4.78 is 0. The molecule has 0 aliphatic carbocycles. The Balaban J connectivity index is 1.91. The molecule has 0 N–H and O–H groups in total. The Morgan fingerprint density at radius 2 is 1.91 bits per heavy atom. The van der Waals surface area contributed by atoms with Gasteiger partial charge in [-0.25, -0.2) is 0 Å². The van der Waals surface area contributed by atoms with E-state index in [-0.39, 0.29) is 0 Å². The summed E-state index contributed by atoms with van der Waals surface area (Å²) in [6.45, 7) is 5.84. The predicted octanol–water partition coefficient (Wildman–Crippen LogP) is 4.99. The zero-order chi connectivity index (χ0) is 15.8. The molecule has 2 atom stereocenters. The highest BCUT2D eigenvalue weighted by Crippen LogP contribution is 2.41. The van der Waals surface area contributed by atoms with Gasteiger partial charge in [-0.2, -0.15) is 0 Å². The molecule has 0 radical (unpaired) electrons. The van der Waals surface area contributed by atoms with Crippen LogP contribution in [0.25, 0.3) is 0 Å². The SMILES string of the molecule is CC[C@H]1[C@H](C)C(=Nc2ccccc2)c2cccc3c2N1CCC3. The largest absolute Gasteiger partial charge is 0.367 e. The molecule has 0 spiro atoms. The van der Waals surface area contributed by atoms with E-state index in [9.17, 15) is 0 Å². The lowest BCUT2D eigenvalue weighted by Crippen LogP contribution is -2.49. The summed E-state index contributed by atoms with van der Waals surface area (Å²) in [4.78, 5) is 7.72. The quantitative estimate of drug-likeness (QED) is 0.763. The lowest BCUT2D eigenvalue weighted by atomic mass is 9.80. The number of para-hydroxylation sites is 2. The first-order valence-corrected chi connectivity index (χ1v) is 8.82. The summed E-state index contributed by atoms with van der Waals surface area (Å²) in [5.41, 5.74) is 6.63. The minimum Gasteiger partial charge on any atom is -0.367 e. The molecule has 0 fully saturated rings. The number of aryl methyl sites for hydroxylation is 1. The number of aliphatic imine (C=N–C) groups is 1. The van der Waals surface area contributed by atoms with Gasteiger partial charge in [-0.1, -0.05) is 50.2 Å². The number of rotatable bonds is 2. The molecule has 0 saturated heterocycles. The molecule has 2 aliphatic heterocycles. The van der Waals surface area contributed by atoms with Crippen molar-refractivity contribution in [1.82, 2.24) is 0 Å². The zero-order valence-corrected chi connectivity index (χ0v) is 14.0. The van der Waals surface area contributed by atoms with Gasteiger partial charge in [-0.3, -0.25) is 4.99 Å². The lowest BCUT2D eigenvalue weighted by molar-refractivity contribution is 0.471. The van der Waals surface area contributed by atoms with Crippen LogP contribution < -0.4 is 4.90 Å². The maximum atomic E-state index is 5.06. The summed E-state index contributed by atoms with van der Waals surface area (Å²) in [7, 11) is 0. The molecule has 118 valence electrons. The van der Waals surface area contributed by atoms with Gasteiger partial charge in [0, 0.05) is 29.8 Å². The van der Waals surface area contributed by atoms with Crippen molar-refractivity contribution in [3.63, 3.8) is 0 Å². The van der Waals surface area contributed by atoms with E-state index >= 15 is 0 Å². The van der Waals surface area contributed by atoms with Gasteiger partial charge >= 0.3 is 0 Å². The molecule has 0 saturated carbocycles.